The van der Waals surface area contributed by atoms with E-state index in [0.717, 1.165) is 26.2 Å². The molecule has 86 valence electrons. The van der Waals surface area contributed by atoms with Crippen molar-refractivity contribution in [3.05, 3.63) is 0 Å². The van der Waals surface area contributed by atoms with Crippen LogP contribution >= 0.6 is 0 Å². The van der Waals surface area contributed by atoms with Gasteiger partial charge in [-0.2, -0.15) is 5.48 Å². The average Bonchev–Trinajstić information content (AvgIpc) is 2.15. The van der Waals surface area contributed by atoms with Crippen molar-refractivity contribution in [2.24, 2.45) is 5.73 Å². The molecule has 0 saturated heterocycles. The summed E-state index contributed by atoms with van der Waals surface area (Å²) in [4.78, 5) is 14.8. The summed E-state index contributed by atoms with van der Waals surface area (Å²) >= 11 is 0. The Hall–Kier alpha value is -0.0666. The van der Waals surface area contributed by atoms with Gasteiger partial charge >= 0.3 is 5.97 Å². The van der Waals surface area contributed by atoms with Crippen LogP contribution in [-0.2, 0) is 29.1 Å². The molecule has 0 unspecified atom stereocenters. The second kappa shape index (κ2) is 13.9. The van der Waals surface area contributed by atoms with E-state index in [2.05, 4.69) is 21.0 Å². The third-order valence-corrected chi connectivity index (χ3v) is 1.42. The van der Waals surface area contributed by atoms with Gasteiger partial charge in [0.25, 0.3) is 0 Å². The molecule has 7 heteroatoms. The van der Waals surface area contributed by atoms with E-state index in [1.807, 2.05) is 0 Å². The zero-order valence-electron chi connectivity index (χ0n) is 9.34. The van der Waals surface area contributed by atoms with Gasteiger partial charge in [0.15, 0.2) is 0 Å². The van der Waals surface area contributed by atoms with Gasteiger partial charge in [0.1, 0.15) is 0 Å². The first-order chi connectivity index (χ1) is 6.77. The van der Waals surface area contributed by atoms with E-state index >= 15 is 0 Å². The summed E-state index contributed by atoms with van der Waals surface area (Å²) in [5, 5.41) is 6.31. The van der Waals surface area contributed by atoms with Crippen molar-refractivity contribution >= 4 is 5.97 Å². The van der Waals surface area contributed by atoms with E-state index in [1.54, 1.807) is 0 Å². The second-order valence-electron chi connectivity index (χ2n) is 2.78. The van der Waals surface area contributed by atoms with Gasteiger partial charge in [0, 0.05) is 65.7 Å². The molecule has 0 aliphatic carbocycles. The number of hydroxylamine groups is 1. The van der Waals surface area contributed by atoms with Crippen LogP contribution in [-0.4, -0.2) is 45.2 Å². The maximum Gasteiger partial charge on any atom is 0.321 e. The zero-order valence-corrected chi connectivity index (χ0v) is 12.3. The Kier molecular flexibility index (Phi) is 16.1. The average molecular weight is 270 g/mol. The van der Waals surface area contributed by atoms with Crippen LogP contribution in [0.4, 0.5) is 0 Å². The summed E-state index contributed by atoms with van der Waals surface area (Å²) in [6, 6.07) is 0. The van der Waals surface area contributed by atoms with Crippen molar-refractivity contribution in [3.63, 3.8) is 0 Å². The maximum atomic E-state index is 10.3. The first-order valence-electron chi connectivity index (χ1n) is 4.79. The van der Waals surface area contributed by atoms with Gasteiger partial charge in [-0.1, -0.05) is 0 Å². The third-order valence-electron chi connectivity index (χ3n) is 1.42. The molecular formula is C8H20N4O2Zn. The van der Waals surface area contributed by atoms with Crippen molar-refractivity contribution < 1.29 is 29.1 Å². The van der Waals surface area contributed by atoms with E-state index in [0.29, 0.717) is 13.1 Å². The molecule has 0 amide bonds. The van der Waals surface area contributed by atoms with Gasteiger partial charge in [-0.15, -0.1) is 0 Å². The minimum atomic E-state index is -0.324. The minimum Gasteiger partial charge on any atom is -0.371 e. The topological polar surface area (TPSA) is 88.4 Å². The molecule has 0 aliphatic heterocycles. The van der Waals surface area contributed by atoms with Crippen molar-refractivity contribution in [2.45, 2.75) is 6.92 Å². The third kappa shape index (κ3) is 16.6. The predicted octanol–water partition coefficient (Wildman–Crippen LogP) is -1.81. The van der Waals surface area contributed by atoms with Gasteiger partial charge in [-0.3, -0.25) is 4.79 Å². The Labute approximate surface area is 103 Å². The number of carbonyl (C=O) groups excluding carboxylic acids is 1. The van der Waals surface area contributed by atoms with Gasteiger partial charge < -0.3 is 21.2 Å². The molecule has 0 fully saturated rings. The number of nitrogens with two attached hydrogens (primary N) is 1. The first-order valence-corrected chi connectivity index (χ1v) is 4.79. The number of rotatable bonds is 9. The van der Waals surface area contributed by atoms with Crippen LogP contribution in [0.5, 0.6) is 0 Å². The minimum absolute atomic E-state index is 0. The van der Waals surface area contributed by atoms with Gasteiger partial charge in [0.05, 0.1) is 0 Å². The molecular weight excluding hydrogens is 250 g/mol. The summed E-state index contributed by atoms with van der Waals surface area (Å²) in [6.07, 6.45) is 0. The smallest absolute Gasteiger partial charge is 0.321 e. The molecule has 5 N–H and O–H groups in total. The molecule has 0 radical (unpaired) electrons. The van der Waals surface area contributed by atoms with E-state index in [1.165, 1.54) is 6.92 Å². The van der Waals surface area contributed by atoms with Gasteiger partial charge in [0.2, 0.25) is 0 Å². The molecule has 0 bridgehead atoms. The summed E-state index contributed by atoms with van der Waals surface area (Å²) < 4.78 is 0. The van der Waals surface area contributed by atoms with Gasteiger partial charge in [-0.25, -0.2) is 0 Å². The van der Waals surface area contributed by atoms with E-state index in [-0.39, 0.29) is 25.4 Å². The van der Waals surface area contributed by atoms with Crippen LogP contribution in [0.1, 0.15) is 6.92 Å². The fourth-order valence-electron chi connectivity index (χ4n) is 0.821. The quantitative estimate of drug-likeness (QED) is 0.224. The van der Waals surface area contributed by atoms with Crippen molar-refractivity contribution in [2.75, 3.05) is 39.3 Å². The molecule has 0 aromatic heterocycles. The van der Waals surface area contributed by atoms with E-state index in [4.69, 9.17) is 5.73 Å². The van der Waals surface area contributed by atoms with Crippen LogP contribution in [0, 0.1) is 0 Å². The number of carbonyl (C=O) groups is 1. The van der Waals surface area contributed by atoms with Crippen LogP contribution in [0.3, 0.4) is 0 Å². The Morgan fingerprint density at radius 1 is 1.13 bits per heavy atom. The van der Waals surface area contributed by atoms with Crippen molar-refractivity contribution in [3.8, 4) is 0 Å². The number of hydrogen-bond donors (Lipinski definition) is 4. The van der Waals surface area contributed by atoms with Crippen molar-refractivity contribution in [1.82, 2.24) is 16.1 Å². The Balaban J connectivity index is 0. The molecule has 0 saturated carbocycles. The molecule has 0 rings (SSSR count). The largest absolute Gasteiger partial charge is 0.371 e. The fraction of sp³-hybridized carbons (Fsp3) is 0.875. The fourth-order valence-corrected chi connectivity index (χ4v) is 0.821. The molecule has 15 heavy (non-hydrogen) atoms. The maximum absolute atomic E-state index is 10.3. The van der Waals surface area contributed by atoms with Crippen LogP contribution in [0.2, 0.25) is 0 Å². The number of hydrogen-bond acceptors (Lipinski definition) is 6. The molecule has 0 aliphatic rings. The monoisotopic (exact) mass is 268 g/mol. The molecule has 0 heterocycles. The first kappa shape index (κ1) is 17.3. The predicted molar refractivity (Wildman–Crippen MR) is 54.6 cm³/mol. The second-order valence-corrected chi connectivity index (χ2v) is 2.78. The van der Waals surface area contributed by atoms with Crippen LogP contribution in [0.25, 0.3) is 0 Å². The Morgan fingerprint density at radius 2 is 1.67 bits per heavy atom. The summed E-state index contributed by atoms with van der Waals surface area (Å²) in [5.74, 6) is -0.324. The zero-order chi connectivity index (χ0) is 10.6. The van der Waals surface area contributed by atoms with Crippen LogP contribution < -0.4 is 21.8 Å². The Bertz CT molecular complexity index is 149. The van der Waals surface area contributed by atoms with Crippen molar-refractivity contribution in [1.29, 1.82) is 0 Å². The molecule has 0 atom stereocenters. The Morgan fingerprint density at radius 3 is 2.20 bits per heavy atom. The molecule has 0 aromatic carbocycles. The SMILES string of the molecule is CC(=O)ONCCNCCNCCN.[Zn]. The number of nitrogens with one attached hydrogen (secondary N) is 3. The molecule has 6 nitrogen and oxygen atoms in total. The van der Waals surface area contributed by atoms with Crippen LogP contribution in [0.15, 0.2) is 0 Å². The standard InChI is InChI=1S/C8H20N4O2.Zn/c1-8(13)14-12-7-6-11-5-4-10-3-2-9;/h10-12H,2-7,9H2,1H3;. The summed E-state index contributed by atoms with van der Waals surface area (Å²) in [7, 11) is 0. The van der Waals surface area contributed by atoms with E-state index < -0.39 is 0 Å². The normalized spacial score (nSPS) is 9.47. The molecule has 0 spiro atoms. The summed E-state index contributed by atoms with van der Waals surface area (Å²) in [6.45, 7) is 6.00. The van der Waals surface area contributed by atoms with Gasteiger partial charge in [-0.05, 0) is 0 Å². The summed E-state index contributed by atoms with van der Waals surface area (Å²) in [5.41, 5.74) is 7.83. The molecule has 0 aromatic rings. The van der Waals surface area contributed by atoms with E-state index in [9.17, 15) is 4.79 Å².